The molecule has 11 rings (SSSR count). The van der Waals surface area contributed by atoms with Crippen LogP contribution in [0.1, 0.15) is 160 Å². The zero-order chi connectivity index (χ0) is 89.0. The van der Waals surface area contributed by atoms with Gasteiger partial charge in [0.1, 0.15) is 49.9 Å². The Kier molecular flexibility index (Phi) is 37.7. The van der Waals surface area contributed by atoms with Crippen molar-refractivity contribution in [2.45, 2.75) is 167 Å². The molecule has 0 saturated carbocycles. The lowest BCUT2D eigenvalue weighted by Gasteiger charge is -2.46. The van der Waals surface area contributed by atoms with E-state index in [0.717, 1.165) is 108 Å². The smallest absolute Gasteiger partial charge is 0.311 e. The Bertz CT molecular complexity index is 4880. The molecule has 3 aliphatic heterocycles. The number of aryl methyl sites for hydroxylation is 6. The predicted octanol–water partition coefficient (Wildman–Crippen LogP) is 15.2. The number of carbonyl (C=O) groups is 3. The SMILES string of the molecule is CC(CCO)CCO.COc1cc(C[C@@H]2c3cc(C)c(C)cc3CC[N@+]2(C)CCC(=O)O)ccc1C.COc1cc(C[C@@H]2c3cc(C)c(C)cc3CC[N@+]2(C)CCC(=O)OCCC(C)CCOC(=O)CC[N@@+]2(C)CCc3cc(OC)c(OC)cc3[C@H]2Cc2ccc(OC)c(OC)c2)ccc1C.O=S(=O)([O-])c1ccccc1.O=S(=O)([O-])c1ccccc1. The number of nitrogens with zero attached hydrogens (tertiary/aromatic N) is 3. The van der Waals surface area contributed by atoms with E-state index in [4.69, 9.17) is 48.1 Å². The predicted molar refractivity (Wildman–Crippen MR) is 468 cm³/mol. The molecule has 3 aliphatic rings. The number of ether oxygens (including phenoxy) is 8. The molecule has 23 nitrogen and oxygen atoms in total. The first-order valence-corrected chi connectivity index (χ1v) is 44.4. The van der Waals surface area contributed by atoms with E-state index in [0.29, 0.717) is 91.9 Å². The minimum atomic E-state index is -4.25. The molecule has 3 N–H and O–H groups in total. The number of aliphatic carboxylic acids is 1. The first kappa shape index (κ1) is 98.7. The maximum Gasteiger partial charge on any atom is 0.311 e. The van der Waals surface area contributed by atoms with Crippen molar-refractivity contribution in [3.63, 3.8) is 0 Å². The Morgan fingerprint density at radius 2 is 0.711 bits per heavy atom. The molecule has 3 heterocycles. The van der Waals surface area contributed by atoms with Gasteiger partial charge >= 0.3 is 17.9 Å². The number of methoxy groups -OCH3 is 6. The molecule has 0 aliphatic carbocycles. The molecule has 0 spiro atoms. The lowest BCUT2D eigenvalue weighted by atomic mass is 9.84. The Labute approximate surface area is 718 Å². The number of carboxylic acid groups (broad SMARTS) is 1. The van der Waals surface area contributed by atoms with Crippen molar-refractivity contribution >= 4 is 38.1 Å². The van der Waals surface area contributed by atoms with Gasteiger partial charge in [0.2, 0.25) is 0 Å². The van der Waals surface area contributed by atoms with E-state index < -0.39 is 26.2 Å². The second-order valence-electron chi connectivity index (χ2n) is 33.1. The van der Waals surface area contributed by atoms with Crippen LogP contribution < -0.4 is 28.4 Å². The fourth-order valence-electron chi connectivity index (χ4n) is 16.2. The first-order valence-electron chi connectivity index (χ1n) is 41.6. The minimum Gasteiger partial charge on any atom is -0.744 e. The summed E-state index contributed by atoms with van der Waals surface area (Å²) in [6.07, 6.45) is 9.18. The van der Waals surface area contributed by atoms with E-state index in [9.17, 15) is 45.4 Å². The highest BCUT2D eigenvalue weighted by atomic mass is 32.2. The van der Waals surface area contributed by atoms with Gasteiger partial charge in [0.05, 0.1) is 145 Å². The average molecular weight is 1710 g/mol. The van der Waals surface area contributed by atoms with Crippen LogP contribution >= 0.6 is 0 Å². The molecule has 7 atom stereocenters. The molecule has 0 saturated heterocycles. The van der Waals surface area contributed by atoms with Gasteiger partial charge in [-0.2, -0.15) is 0 Å². The van der Waals surface area contributed by atoms with Crippen molar-refractivity contribution in [3.05, 3.63) is 235 Å². The summed E-state index contributed by atoms with van der Waals surface area (Å²) in [5, 5.41) is 26.0. The molecule has 1 unspecified atom stereocenters. The van der Waals surface area contributed by atoms with Gasteiger partial charge < -0.3 is 75.8 Å². The number of carboxylic acids is 1. The van der Waals surface area contributed by atoms with Gasteiger partial charge in [0.25, 0.3) is 0 Å². The van der Waals surface area contributed by atoms with E-state index >= 15 is 0 Å². The van der Waals surface area contributed by atoms with Gasteiger partial charge in [-0.3, -0.25) is 14.4 Å². The van der Waals surface area contributed by atoms with Crippen molar-refractivity contribution in [1.29, 1.82) is 0 Å². The summed E-state index contributed by atoms with van der Waals surface area (Å²) in [6.45, 7) is 22.9. The number of hydrogen-bond donors (Lipinski definition) is 3. The van der Waals surface area contributed by atoms with Crippen LogP contribution in [-0.4, -0.2) is 202 Å². The molecule has 0 radical (unpaired) electrons. The summed E-state index contributed by atoms with van der Waals surface area (Å²) in [7, 11) is 8.29. The number of aliphatic hydroxyl groups excluding tert-OH is 2. The summed E-state index contributed by atoms with van der Waals surface area (Å²) < 4.78 is 109. The summed E-state index contributed by atoms with van der Waals surface area (Å²) in [4.78, 5) is 37.4. The molecular weight excluding hydrogens is 1580 g/mol. The molecule has 0 aromatic heterocycles. The van der Waals surface area contributed by atoms with Crippen LogP contribution in [0, 0.1) is 53.4 Å². The average Bonchev–Trinajstić information content (AvgIpc) is 0.767. The Balaban J connectivity index is 0.000000288. The second kappa shape index (κ2) is 46.2. The molecule has 660 valence electrons. The number of quaternary nitrogens is 3. The van der Waals surface area contributed by atoms with Crippen molar-refractivity contribution in [2.75, 3.05) is 129 Å². The van der Waals surface area contributed by atoms with E-state index in [1.807, 2.05) is 19.1 Å². The molecule has 0 fully saturated rings. The quantitative estimate of drug-likeness (QED) is 0.0195. The van der Waals surface area contributed by atoms with Gasteiger partial charge in [-0.1, -0.05) is 92.7 Å². The fourth-order valence-corrected chi connectivity index (χ4v) is 17.2. The lowest BCUT2D eigenvalue weighted by molar-refractivity contribution is -0.940. The molecule has 25 heteroatoms. The van der Waals surface area contributed by atoms with Crippen LogP contribution in [-0.2, 0) is 82.6 Å². The normalized spacial score (nSPS) is 18.5. The topological polar surface area (TPSA) is 300 Å². The standard InChI is InChI=1S/C54H74N2O9.C24H31NO3.2C6H6O3S.C6H14O2/c1-36(20-26-64-53(57)18-24-55(5)22-16-42-28-38(3)39(4)29-44(42)46(55)30-40-13-12-37(2)49(32-40)60-8)21-27-65-54(58)19-25-56(6)23-17-43-34-51(62-10)52(63-11)35-45(43)47(56)31-41-14-15-48(59-7)50(33-41)61-9;1-16-6-7-19(15-23(16)28-5)14-22-21-13-18(3)17(2)12-20(21)8-10-25(22,4)11-9-24(26)27;2*7-10(8,9)6-4-2-1-3-5-6;1-6(2-4-7)3-5-8/h12-15,28-29,32-36,46-47H,16-27,30-31H2,1-11H3;6-7,12-13,15,22H,8-11,14H2,1-5H3;2*1-5H,(H,7,8,9);6-8H,2-5H2,1H3/q+2;;;;/p-1/t36?,46-,47-,55-,56-;22-,25-;;;/m11.../s1. The largest absolute Gasteiger partial charge is 0.744 e. The van der Waals surface area contributed by atoms with Crippen LogP contribution in [0.15, 0.2) is 161 Å². The highest BCUT2D eigenvalue weighted by Gasteiger charge is 2.43. The van der Waals surface area contributed by atoms with Gasteiger partial charge in [-0.15, -0.1) is 0 Å². The van der Waals surface area contributed by atoms with Crippen LogP contribution in [0.4, 0.5) is 0 Å². The number of hydrogen-bond acceptors (Lipinski definition) is 19. The summed E-state index contributed by atoms with van der Waals surface area (Å²) in [6, 6.07) is 47.4. The third-order valence-electron chi connectivity index (χ3n) is 24.4. The molecule has 121 heavy (non-hydrogen) atoms. The van der Waals surface area contributed by atoms with E-state index in [1.165, 1.54) is 115 Å². The van der Waals surface area contributed by atoms with E-state index in [2.05, 4.69) is 148 Å². The molecule has 0 bridgehead atoms. The summed E-state index contributed by atoms with van der Waals surface area (Å²) >= 11 is 0. The molecular formula is C96H130N3O20S2+. The van der Waals surface area contributed by atoms with Crippen LogP contribution in [0.3, 0.4) is 0 Å². The number of aliphatic hydroxyl groups is 2. The highest BCUT2D eigenvalue weighted by Crippen LogP contribution is 2.45. The lowest BCUT2D eigenvalue weighted by Crippen LogP contribution is -2.53. The third-order valence-corrected chi connectivity index (χ3v) is 26.1. The summed E-state index contributed by atoms with van der Waals surface area (Å²) in [5.74, 6) is 4.19. The Morgan fingerprint density at radius 3 is 1.06 bits per heavy atom. The number of rotatable bonds is 33. The van der Waals surface area contributed by atoms with Crippen LogP contribution in [0.25, 0.3) is 0 Å². The highest BCUT2D eigenvalue weighted by molar-refractivity contribution is 7.86. The first-order chi connectivity index (χ1) is 57.4. The third kappa shape index (κ3) is 28.6. The van der Waals surface area contributed by atoms with Gasteiger partial charge in [0.15, 0.2) is 23.0 Å². The molecule has 8 aromatic carbocycles. The number of benzene rings is 8. The van der Waals surface area contributed by atoms with Crippen molar-refractivity contribution in [3.8, 4) is 34.5 Å². The zero-order valence-electron chi connectivity index (χ0n) is 74.0. The Hall–Kier alpha value is -9.41. The fraction of sp³-hybridized carbons (Fsp3) is 0.469. The van der Waals surface area contributed by atoms with Crippen molar-refractivity contribution in [1.82, 2.24) is 0 Å². The van der Waals surface area contributed by atoms with Crippen LogP contribution in [0.2, 0.25) is 0 Å². The second-order valence-corrected chi connectivity index (χ2v) is 35.9. The molecule has 0 amide bonds. The van der Waals surface area contributed by atoms with Gasteiger partial charge in [-0.25, -0.2) is 16.8 Å². The number of likely N-dealkylation sites (N-methyl/N-ethyl adjacent to an activating group) is 3. The maximum atomic E-state index is 13.3. The van der Waals surface area contributed by atoms with E-state index in [1.54, 1.807) is 54.8 Å². The molecule has 8 aromatic rings. The zero-order valence-corrected chi connectivity index (χ0v) is 75.7. The van der Waals surface area contributed by atoms with E-state index in [-0.39, 0.29) is 65.4 Å². The van der Waals surface area contributed by atoms with Crippen LogP contribution in [0.5, 0.6) is 34.5 Å². The maximum absolute atomic E-state index is 13.3. The van der Waals surface area contributed by atoms with Gasteiger partial charge in [-0.05, 0) is 219 Å². The Morgan fingerprint density at radius 1 is 0.397 bits per heavy atom. The number of carbonyl (C=O) groups excluding carboxylic acids is 2. The van der Waals surface area contributed by atoms with Crippen molar-refractivity contribution in [2.24, 2.45) is 11.8 Å². The minimum absolute atomic E-state index is 0.0479. The summed E-state index contributed by atoms with van der Waals surface area (Å²) in [5.41, 5.74) is 19.1. The number of esters is 2. The van der Waals surface area contributed by atoms with Gasteiger partial charge in [0, 0.05) is 68.4 Å². The number of fused-ring (bicyclic) bond motifs is 3. The monoisotopic (exact) mass is 1710 g/mol. The van der Waals surface area contributed by atoms with Crippen molar-refractivity contribution < 1.29 is 107 Å².